The molecule has 0 unspecified atom stereocenters. The molecule has 30 heavy (non-hydrogen) atoms. The Kier molecular flexibility index (Phi) is 5.79. The first-order valence-corrected chi connectivity index (χ1v) is 10.3. The SMILES string of the molecule is COc1ccc(N2CCN(c3ccc(S(=O)(=O)C(F)(F)F)cc3[N+](=O)[O-])CC2)cc1. The van der Waals surface area contributed by atoms with E-state index in [9.17, 15) is 31.7 Å². The van der Waals surface area contributed by atoms with Gasteiger partial charge in [-0.2, -0.15) is 13.2 Å². The molecule has 1 fully saturated rings. The lowest BCUT2D eigenvalue weighted by Gasteiger charge is -2.37. The van der Waals surface area contributed by atoms with E-state index in [2.05, 4.69) is 4.90 Å². The maximum absolute atomic E-state index is 12.8. The molecule has 8 nitrogen and oxygen atoms in total. The van der Waals surface area contributed by atoms with Crippen LogP contribution in [-0.2, 0) is 9.84 Å². The van der Waals surface area contributed by atoms with E-state index in [1.807, 2.05) is 24.3 Å². The second-order valence-corrected chi connectivity index (χ2v) is 8.47. The molecular weight excluding hydrogens is 427 g/mol. The Labute approximate surface area is 170 Å². The van der Waals surface area contributed by atoms with Gasteiger partial charge in [-0.25, -0.2) is 8.42 Å². The third-order valence-electron chi connectivity index (χ3n) is 4.82. The molecule has 1 aliphatic heterocycles. The van der Waals surface area contributed by atoms with Crippen LogP contribution in [-0.4, -0.2) is 52.1 Å². The van der Waals surface area contributed by atoms with Gasteiger partial charge >= 0.3 is 5.51 Å². The number of ether oxygens (including phenoxy) is 1. The summed E-state index contributed by atoms with van der Waals surface area (Å²) in [6, 6.07) is 9.66. The van der Waals surface area contributed by atoms with E-state index in [0.717, 1.165) is 17.8 Å². The number of piperazine rings is 1. The minimum Gasteiger partial charge on any atom is -0.497 e. The van der Waals surface area contributed by atoms with Gasteiger partial charge in [0.05, 0.1) is 16.9 Å². The highest BCUT2D eigenvalue weighted by atomic mass is 32.2. The molecule has 2 aromatic rings. The molecular formula is C18H18F3N3O5S. The van der Waals surface area contributed by atoms with Crippen LogP contribution < -0.4 is 14.5 Å². The van der Waals surface area contributed by atoms with Crippen LogP contribution in [0.5, 0.6) is 5.75 Å². The molecule has 0 bridgehead atoms. The van der Waals surface area contributed by atoms with E-state index in [1.165, 1.54) is 0 Å². The van der Waals surface area contributed by atoms with Crippen LogP contribution in [0.1, 0.15) is 0 Å². The zero-order valence-electron chi connectivity index (χ0n) is 15.8. The number of methoxy groups -OCH3 is 1. The van der Waals surface area contributed by atoms with Crippen molar-refractivity contribution in [1.82, 2.24) is 0 Å². The number of halogens is 3. The minimum absolute atomic E-state index is 0.0792. The second-order valence-electron chi connectivity index (χ2n) is 6.53. The Morgan fingerprint density at radius 1 is 1.00 bits per heavy atom. The molecule has 0 N–H and O–H groups in total. The van der Waals surface area contributed by atoms with Gasteiger partial charge in [-0.05, 0) is 36.4 Å². The lowest BCUT2D eigenvalue weighted by molar-refractivity contribution is -0.384. The van der Waals surface area contributed by atoms with Crippen LogP contribution in [0.2, 0.25) is 0 Å². The van der Waals surface area contributed by atoms with Crippen LogP contribution in [0.15, 0.2) is 47.4 Å². The van der Waals surface area contributed by atoms with Gasteiger partial charge in [-0.15, -0.1) is 0 Å². The number of alkyl halides is 3. The Morgan fingerprint density at radius 3 is 2.07 bits per heavy atom. The fourth-order valence-electron chi connectivity index (χ4n) is 3.22. The summed E-state index contributed by atoms with van der Waals surface area (Å²) in [4.78, 5) is 13.1. The molecule has 0 atom stereocenters. The monoisotopic (exact) mass is 445 g/mol. The molecule has 3 rings (SSSR count). The normalized spacial score (nSPS) is 15.2. The molecule has 0 radical (unpaired) electrons. The lowest BCUT2D eigenvalue weighted by Crippen LogP contribution is -2.46. The smallest absolute Gasteiger partial charge is 0.497 e. The Hall–Kier alpha value is -3.02. The average Bonchev–Trinajstić information content (AvgIpc) is 2.72. The zero-order valence-corrected chi connectivity index (χ0v) is 16.6. The summed E-state index contributed by atoms with van der Waals surface area (Å²) in [7, 11) is -4.11. The first-order chi connectivity index (χ1) is 14.0. The van der Waals surface area contributed by atoms with Crippen molar-refractivity contribution in [1.29, 1.82) is 0 Å². The van der Waals surface area contributed by atoms with Crippen LogP contribution >= 0.6 is 0 Å². The number of anilines is 2. The fourth-order valence-corrected chi connectivity index (χ4v) is 4.00. The predicted octanol–water partition coefficient (Wildman–Crippen LogP) is 3.22. The summed E-state index contributed by atoms with van der Waals surface area (Å²) in [5.41, 5.74) is -5.20. The Bertz CT molecular complexity index is 1030. The van der Waals surface area contributed by atoms with Gasteiger partial charge in [0.15, 0.2) is 0 Å². The highest BCUT2D eigenvalue weighted by Gasteiger charge is 2.47. The van der Waals surface area contributed by atoms with Crippen LogP contribution in [0, 0.1) is 10.1 Å². The minimum atomic E-state index is -5.67. The van der Waals surface area contributed by atoms with Crippen molar-refractivity contribution in [3.63, 3.8) is 0 Å². The quantitative estimate of drug-likeness (QED) is 0.515. The first-order valence-electron chi connectivity index (χ1n) is 8.78. The van der Waals surface area contributed by atoms with Crippen LogP contribution in [0.3, 0.4) is 0 Å². The van der Waals surface area contributed by atoms with E-state index >= 15 is 0 Å². The molecule has 0 aliphatic carbocycles. The molecule has 1 saturated heterocycles. The second kappa shape index (κ2) is 8.01. The van der Waals surface area contributed by atoms with Crippen molar-refractivity contribution in [3.05, 3.63) is 52.6 Å². The third-order valence-corrected chi connectivity index (χ3v) is 6.30. The highest BCUT2D eigenvalue weighted by molar-refractivity contribution is 7.92. The molecule has 2 aromatic carbocycles. The topological polar surface area (TPSA) is 93.0 Å². The number of nitro groups is 1. The van der Waals surface area contributed by atoms with E-state index in [4.69, 9.17) is 4.74 Å². The standard InChI is InChI=1S/C18H18F3N3O5S/c1-29-14-4-2-13(3-5-14)22-8-10-23(11-9-22)16-7-6-15(12-17(16)24(25)26)30(27,28)18(19,20)21/h2-7,12H,8-11H2,1H3. The number of rotatable bonds is 5. The summed E-state index contributed by atoms with van der Waals surface area (Å²) in [5.74, 6) is 0.710. The van der Waals surface area contributed by atoms with E-state index < -0.39 is 30.9 Å². The van der Waals surface area contributed by atoms with Crippen molar-refractivity contribution in [2.75, 3.05) is 43.1 Å². The van der Waals surface area contributed by atoms with Gasteiger partial charge in [0.25, 0.3) is 15.5 Å². The zero-order chi connectivity index (χ0) is 22.1. The maximum Gasteiger partial charge on any atom is 0.501 e. The van der Waals surface area contributed by atoms with Gasteiger partial charge in [-0.1, -0.05) is 0 Å². The average molecular weight is 445 g/mol. The molecule has 162 valence electrons. The number of hydrogen-bond donors (Lipinski definition) is 0. The number of sulfone groups is 1. The lowest BCUT2D eigenvalue weighted by atomic mass is 10.2. The number of hydrogen-bond acceptors (Lipinski definition) is 7. The predicted molar refractivity (Wildman–Crippen MR) is 104 cm³/mol. The van der Waals surface area contributed by atoms with E-state index in [1.54, 1.807) is 12.0 Å². The fraction of sp³-hybridized carbons (Fsp3) is 0.333. The number of nitro benzene ring substituents is 1. The van der Waals surface area contributed by atoms with Crippen LogP contribution in [0.4, 0.5) is 30.2 Å². The number of benzene rings is 2. The summed E-state index contributed by atoms with van der Waals surface area (Å²) in [5, 5.41) is 11.4. The van der Waals surface area contributed by atoms with Crippen molar-refractivity contribution in [3.8, 4) is 5.75 Å². The Morgan fingerprint density at radius 2 is 1.57 bits per heavy atom. The van der Waals surface area contributed by atoms with Crippen molar-refractivity contribution >= 4 is 26.9 Å². The van der Waals surface area contributed by atoms with E-state index in [-0.39, 0.29) is 5.69 Å². The first kappa shape index (κ1) is 21.7. The van der Waals surface area contributed by atoms with E-state index in [0.29, 0.717) is 38.0 Å². The molecule has 1 aliphatic rings. The molecule has 0 aromatic heterocycles. The Balaban J connectivity index is 1.82. The summed E-state index contributed by atoms with van der Waals surface area (Å²) < 4.78 is 66.6. The maximum atomic E-state index is 12.8. The third kappa shape index (κ3) is 4.13. The van der Waals surface area contributed by atoms with Crippen molar-refractivity contribution in [2.24, 2.45) is 0 Å². The highest BCUT2D eigenvalue weighted by Crippen LogP contribution is 2.36. The van der Waals surface area contributed by atoms with Gasteiger partial charge in [0, 0.05) is 37.9 Å². The molecule has 1 heterocycles. The van der Waals surface area contributed by atoms with Gasteiger partial charge in [0.1, 0.15) is 11.4 Å². The summed E-state index contributed by atoms with van der Waals surface area (Å²) >= 11 is 0. The van der Waals surface area contributed by atoms with Crippen molar-refractivity contribution < 1.29 is 31.2 Å². The van der Waals surface area contributed by atoms with Gasteiger partial charge < -0.3 is 14.5 Å². The summed E-state index contributed by atoms with van der Waals surface area (Å²) in [6.07, 6.45) is 0. The van der Waals surface area contributed by atoms with Crippen LogP contribution in [0.25, 0.3) is 0 Å². The van der Waals surface area contributed by atoms with Gasteiger partial charge in [0.2, 0.25) is 0 Å². The molecule has 0 amide bonds. The van der Waals surface area contributed by atoms with Gasteiger partial charge in [-0.3, -0.25) is 10.1 Å². The van der Waals surface area contributed by atoms with Crippen molar-refractivity contribution in [2.45, 2.75) is 10.4 Å². The molecule has 12 heteroatoms. The summed E-state index contributed by atoms with van der Waals surface area (Å²) in [6.45, 7) is 1.79. The molecule has 0 saturated carbocycles. The largest absolute Gasteiger partial charge is 0.501 e. The molecule has 0 spiro atoms. The number of nitrogens with zero attached hydrogens (tertiary/aromatic N) is 3.